The Balaban J connectivity index is 1.41. The van der Waals surface area contributed by atoms with Crippen LogP contribution < -0.4 is 15.5 Å². The van der Waals surface area contributed by atoms with Crippen molar-refractivity contribution in [2.45, 2.75) is 13.5 Å². The van der Waals surface area contributed by atoms with Crippen molar-refractivity contribution in [2.24, 2.45) is 5.10 Å². The fourth-order valence-electron chi connectivity index (χ4n) is 2.62. The monoisotopic (exact) mass is 527 g/mol. The summed E-state index contributed by atoms with van der Waals surface area (Å²) in [6.45, 7) is 2.39. The summed E-state index contributed by atoms with van der Waals surface area (Å²) in [6.07, 6.45) is 1.53. The third kappa shape index (κ3) is 7.21. The second-order valence-corrected chi connectivity index (χ2v) is 7.96. The largest absolute Gasteiger partial charge is 0.489 e. The Morgan fingerprint density at radius 1 is 1.00 bits per heavy atom. The van der Waals surface area contributed by atoms with Crippen LogP contribution in [0, 0.1) is 10.5 Å². The summed E-state index contributed by atoms with van der Waals surface area (Å²) in [5, 5.41) is 6.50. The molecule has 7 heteroatoms. The number of hydrazone groups is 1. The van der Waals surface area contributed by atoms with Crippen LogP contribution in [-0.4, -0.2) is 24.6 Å². The molecule has 2 amide bonds. The summed E-state index contributed by atoms with van der Waals surface area (Å²) in [5.74, 6) is 0.0407. The third-order valence-corrected chi connectivity index (χ3v) is 5.28. The van der Waals surface area contributed by atoms with Gasteiger partial charge < -0.3 is 10.1 Å². The van der Waals surface area contributed by atoms with Gasteiger partial charge in [0.15, 0.2) is 0 Å². The molecule has 3 aromatic rings. The maximum atomic E-state index is 12.1. The Morgan fingerprint density at radius 3 is 2.42 bits per heavy atom. The number of nitrogens with one attached hydrogen (secondary N) is 2. The highest BCUT2D eigenvalue weighted by molar-refractivity contribution is 14.1. The zero-order valence-electron chi connectivity index (χ0n) is 17.0. The molecule has 6 nitrogen and oxygen atoms in total. The molecular weight excluding hydrogens is 505 g/mol. The van der Waals surface area contributed by atoms with Crippen LogP contribution in [0.4, 0.5) is 0 Å². The lowest BCUT2D eigenvalue weighted by atomic mass is 10.2. The number of nitrogens with zero attached hydrogens (tertiary/aromatic N) is 1. The second-order valence-electron chi connectivity index (χ2n) is 6.80. The SMILES string of the molecule is Cc1ccc(COc2ccc(C=NNC(=O)CNC(=O)c3ccccc3I)cc2)cc1. The van der Waals surface area contributed by atoms with Gasteiger partial charge in [0, 0.05) is 3.57 Å². The zero-order valence-corrected chi connectivity index (χ0v) is 19.1. The van der Waals surface area contributed by atoms with Crippen LogP contribution in [0.15, 0.2) is 77.9 Å². The van der Waals surface area contributed by atoms with Crippen molar-refractivity contribution in [2.75, 3.05) is 6.54 Å². The van der Waals surface area contributed by atoms with Crippen LogP contribution in [0.2, 0.25) is 0 Å². The van der Waals surface area contributed by atoms with Crippen molar-refractivity contribution in [1.29, 1.82) is 0 Å². The minimum atomic E-state index is -0.409. The van der Waals surface area contributed by atoms with Crippen molar-refractivity contribution in [3.63, 3.8) is 0 Å². The summed E-state index contributed by atoms with van der Waals surface area (Å²) in [4.78, 5) is 24.0. The Labute approximate surface area is 194 Å². The Bertz CT molecular complexity index is 1060. The molecule has 2 N–H and O–H groups in total. The quantitative estimate of drug-likeness (QED) is 0.264. The molecule has 3 aromatic carbocycles. The van der Waals surface area contributed by atoms with E-state index in [1.165, 1.54) is 11.8 Å². The van der Waals surface area contributed by atoms with Gasteiger partial charge in [0.05, 0.1) is 18.3 Å². The van der Waals surface area contributed by atoms with Gasteiger partial charge in [0.2, 0.25) is 0 Å². The predicted octanol–water partition coefficient (Wildman–Crippen LogP) is 4.06. The number of amides is 2. The first kappa shape index (κ1) is 22.5. The topological polar surface area (TPSA) is 79.8 Å². The Hall–Kier alpha value is -3.20. The lowest BCUT2D eigenvalue weighted by molar-refractivity contribution is -0.120. The molecule has 0 spiro atoms. The van der Waals surface area contributed by atoms with E-state index in [-0.39, 0.29) is 12.5 Å². The van der Waals surface area contributed by atoms with Crippen molar-refractivity contribution >= 4 is 40.6 Å². The van der Waals surface area contributed by atoms with E-state index in [9.17, 15) is 9.59 Å². The Kier molecular flexibility index (Phi) is 8.17. The minimum Gasteiger partial charge on any atom is -0.489 e. The fraction of sp³-hybridized carbons (Fsp3) is 0.125. The highest BCUT2D eigenvalue weighted by atomic mass is 127. The number of carbonyl (C=O) groups excluding carboxylic acids is 2. The van der Waals surface area contributed by atoms with Gasteiger partial charge in [-0.1, -0.05) is 42.0 Å². The molecular formula is C24H22IN3O3. The van der Waals surface area contributed by atoms with Gasteiger partial charge in [-0.25, -0.2) is 5.43 Å². The number of hydrogen-bond acceptors (Lipinski definition) is 4. The van der Waals surface area contributed by atoms with E-state index in [1.807, 2.05) is 48.5 Å². The molecule has 0 unspecified atom stereocenters. The third-order valence-electron chi connectivity index (χ3n) is 4.34. The van der Waals surface area contributed by atoms with Gasteiger partial charge in [0.25, 0.3) is 11.8 Å². The number of halogens is 1. The highest BCUT2D eigenvalue weighted by Gasteiger charge is 2.10. The van der Waals surface area contributed by atoms with E-state index < -0.39 is 5.91 Å². The van der Waals surface area contributed by atoms with Crippen LogP contribution in [0.5, 0.6) is 5.75 Å². The smallest absolute Gasteiger partial charge is 0.259 e. The lowest BCUT2D eigenvalue weighted by Gasteiger charge is -2.07. The van der Waals surface area contributed by atoms with E-state index in [0.29, 0.717) is 12.2 Å². The number of aryl methyl sites for hydroxylation is 1. The molecule has 0 aliphatic heterocycles. The van der Waals surface area contributed by atoms with Gasteiger partial charge in [-0.15, -0.1) is 0 Å². The summed E-state index contributed by atoms with van der Waals surface area (Å²) in [7, 11) is 0. The van der Waals surface area contributed by atoms with Crippen LogP contribution in [-0.2, 0) is 11.4 Å². The fourth-order valence-corrected chi connectivity index (χ4v) is 3.25. The van der Waals surface area contributed by atoms with E-state index in [0.717, 1.165) is 20.4 Å². The minimum absolute atomic E-state index is 0.160. The second kappa shape index (κ2) is 11.3. The first-order valence-electron chi connectivity index (χ1n) is 9.64. The van der Waals surface area contributed by atoms with Crippen LogP contribution in [0.1, 0.15) is 27.0 Å². The lowest BCUT2D eigenvalue weighted by Crippen LogP contribution is -2.35. The number of rotatable bonds is 8. The normalized spacial score (nSPS) is 10.6. The Morgan fingerprint density at radius 2 is 1.71 bits per heavy atom. The van der Waals surface area contributed by atoms with Crippen molar-refractivity contribution in [1.82, 2.24) is 10.7 Å². The molecule has 0 saturated heterocycles. The van der Waals surface area contributed by atoms with Gasteiger partial charge in [0.1, 0.15) is 12.4 Å². The molecule has 0 atom stereocenters. The highest BCUT2D eigenvalue weighted by Crippen LogP contribution is 2.14. The summed E-state index contributed by atoms with van der Waals surface area (Å²) in [6, 6.07) is 22.8. The molecule has 0 radical (unpaired) electrons. The molecule has 0 saturated carbocycles. The van der Waals surface area contributed by atoms with Gasteiger partial charge in [-0.05, 0) is 77.0 Å². The molecule has 0 bridgehead atoms. The van der Waals surface area contributed by atoms with E-state index in [2.05, 4.69) is 57.5 Å². The van der Waals surface area contributed by atoms with Crippen LogP contribution in [0.3, 0.4) is 0 Å². The molecule has 0 heterocycles. The molecule has 31 heavy (non-hydrogen) atoms. The molecule has 0 aromatic heterocycles. The van der Waals surface area contributed by atoms with Gasteiger partial charge in [-0.3, -0.25) is 9.59 Å². The first-order valence-corrected chi connectivity index (χ1v) is 10.7. The maximum Gasteiger partial charge on any atom is 0.259 e. The standard InChI is InChI=1S/C24H22IN3O3/c1-17-6-8-19(9-7-17)16-31-20-12-10-18(11-13-20)14-27-28-23(29)15-26-24(30)21-4-2-3-5-22(21)25/h2-14H,15-16H2,1H3,(H,26,30)(H,28,29). The summed E-state index contributed by atoms with van der Waals surface area (Å²) < 4.78 is 6.60. The molecule has 3 rings (SSSR count). The van der Waals surface area contributed by atoms with Crippen LogP contribution >= 0.6 is 22.6 Å². The van der Waals surface area contributed by atoms with Crippen LogP contribution in [0.25, 0.3) is 0 Å². The zero-order chi connectivity index (χ0) is 22.1. The van der Waals surface area contributed by atoms with Crippen molar-refractivity contribution < 1.29 is 14.3 Å². The average Bonchev–Trinajstić information content (AvgIpc) is 2.78. The maximum absolute atomic E-state index is 12.1. The van der Waals surface area contributed by atoms with E-state index >= 15 is 0 Å². The van der Waals surface area contributed by atoms with Gasteiger partial charge >= 0.3 is 0 Å². The predicted molar refractivity (Wildman–Crippen MR) is 129 cm³/mol. The summed E-state index contributed by atoms with van der Waals surface area (Å²) >= 11 is 2.08. The first-order chi connectivity index (χ1) is 15.0. The van der Waals surface area contributed by atoms with Gasteiger partial charge in [-0.2, -0.15) is 5.10 Å². The number of carbonyl (C=O) groups is 2. The molecule has 0 aliphatic carbocycles. The molecule has 158 valence electrons. The van der Waals surface area contributed by atoms with Crippen molar-refractivity contribution in [3.8, 4) is 5.75 Å². The van der Waals surface area contributed by atoms with E-state index in [4.69, 9.17) is 4.74 Å². The summed E-state index contributed by atoms with van der Waals surface area (Å²) in [5.41, 5.74) is 6.06. The average molecular weight is 527 g/mol. The number of ether oxygens (including phenoxy) is 1. The molecule has 0 aliphatic rings. The molecule has 0 fully saturated rings. The van der Waals surface area contributed by atoms with Crippen molar-refractivity contribution in [3.05, 3.63) is 98.6 Å². The number of benzene rings is 3. The number of hydrogen-bond donors (Lipinski definition) is 2. The van der Waals surface area contributed by atoms with E-state index in [1.54, 1.807) is 12.1 Å².